The van der Waals surface area contributed by atoms with Crippen molar-refractivity contribution in [2.24, 2.45) is 17.8 Å². The van der Waals surface area contributed by atoms with E-state index in [0.29, 0.717) is 106 Å². The van der Waals surface area contributed by atoms with E-state index in [0.717, 1.165) is 27.0 Å². The number of halogens is 11. The maximum absolute atomic E-state index is 14.0. The first-order valence-electron chi connectivity index (χ1n) is 31.7. The Hall–Kier alpha value is -10.1. The summed E-state index contributed by atoms with van der Waals surface area (Å²) in [4.78, 5) is 112. The molecule has 7 N–H and O–H groups in total. The largest absolute Gasteiger partial charge is 0.395 e. The summed E-state index contributed by atoms with van der Waals surface area (Å²) >= 11 is 0. The number of nitrogens with zero attached hydrogens (tertiary/aromatic N) is 12. The van der Waals surface area contributed by atoms with Gasteiger partial charge >= 0.3 is 36.6 Å². The fourth-order valence-electron chi connectivity index (χ4n) is 12.0. The van der Waals surface area contributed by atoms with Crippen LogP contribution in [0.15, 0.2) is 85.3 Å². The van der Waals surface area contributed by atoms with Gasteiger partial charge in [0.05, 0.1) is 72.4 Å². The van der Waals surface area contributed by atoms with Crippen LogP contribution in [0.25, 0.3) is 0 Å². The van der Waals surface area contributed by atoms with E-state index < -0.39 is 108 Å². The summed E-state index contributed by atoms with van der Waals surface area (Å²) in [5.74, 6) is -9.04. The van der Waals surface area contributed by atoms with Gasteiger partial charge in [0.25, 0.3) is 0 Å². The predicted octanol–water partition coefficient (Wildman–Crippen LogP) is 10.7. The monoisotopic (exact) mass is 1410 g/mol. The molecule has 534 valence electrons. The molecule has 0 saturated carbocycles. The van der Waals surface area contributed by atoms with Gasteiger partial charge in [0.1, 0.15) is 34.5 Å². The normalized spacial score (nSPS) is 18.0. The Balaban J connectivity index is 0.000000162. The van der Waals surface area contributed by atoms with E-state index in [1.165, 1.54) is 51.4 Å². The first-order valence-corrected chi connectivity index (χ1v) is 31.7. The molecule has 0 aromatic carbocycles. The third-order valence-electron chi connectivity index (χ3n) is 17.4. The number of nitrogens with one attached hydrogen (secondary N) is 5. The quantitative estimate of drug-likeness (QED) is 0.0311. The van der Waals surface area contributed by atoms with E-state index >= 15 is 0 Å². The minimum atomic E-state index is -4.52. The van der Waals surface area contributed by atoms with Crippen LogP contribution in [-0.4, -0.2) is 178 Å². The summed E-state index contributed by atoms with van der Waals surface area (Å²) < 4.78 is 143. The molecule has 6 aliphatic rings. The highest BCUT2D eigenvalue weighted by Crippen LogP contribution is 2.44. The zero-order valence-corrected chi connectivity index (χ0v) is 53.7. The van der Waals surface area contributed by atoms with Crippen molar-refractivity contribution in [3.05, 3.63) is 114 Å². The van der Waals surface area contributed by atoms with Gasteiger partial charge in [-0.05, 0) is 67.8 Å². The first kappa shape index (κ1) is 72.6. The Labute approximate surface area is 563 Å². The van der Waals surface area contributed by atoms with Gasteiger partial charge in [0.2, 0.25) is 0 Å². The lowest BCUT2D eigenvalue weighted by Crippen LogP contribution is -2.48. The molecule has 3 fully saturated rings. The Morgan fingerprint density at radius 3 is 1.15 bits per heavy atom. The average molecular weight is 1410 g/mol. The Morgan fingerprint density at radius 2 is 0.830 bits per heavy atom. The summed E-state index contributed by atoms with van der Waals surface area (Å²) in [6.45, 7) is 7.03. The topological polar surface area (TPSA) is 300 Å². The predicted molar refractivity (Wildman–Crippen MR) is 345 cm³/mol. The lowest BCUT2D eigenvalue weighted by Gasteiger charge is -2.35. The molecule has 6 aromatic rings. The highest BCUT2D eigenvalue weighted by molar-refractivity contribution is 6.08. The zero-order chi connectivity index (χ0) is 72.1. The molecule has 0 aliphatic carbocycles. The summed E-state index contributed by atoms with van der Waals surface area (Å²) in [6.07, 6.45) is -9.99. The van der Waals surface area contributed by atoms with Crippen LogP contribution in [0.3, 0.4) is 0 Å². The van der Waals surface area contributed by atoms with Crippen molar-refractivity contribution < 1.29 is 87.3 Å². The molecule has 12 rings (SSSR count). The number of Topliss-reactive ketones (excluding diaryl/α,β-unsaturated/α-hetero) is 3. The van der Waals surface area contributed by atoms with Crippen molar-refractivity contribution in [2.75, 3.05) is 122 Å². The number of pyridine rings is 6. The standard InChI is InChI=1S/2C22H25F3N6O3.C20H18F5N5O2/c2*1-13(22(23,24)25)10-18(33)16-2-3-17-20(28-16)31(15-5-8-30(17)12-15)21(34)29-19-11-14(4-6-27-19)26-7-9-32;1-10(20(23,24)25)6-16(31)14-2-3-15-18(27-14)30(12-4-5-29(15)9-12)19(32)28-17-13(22)7-11(21)8-26-17/h2*2-4,6,11,13,15,32H,5,7-10,12H2,1H3,(H2,26,27,29,34);2-3,7-8,10,12H,4-6,9H2,1H3,(H,26,28,32)/t2*13-,15-;10-,12-/m000/s1. The van der Waals surface area contributed by atoms with Crippen LogP contribution in [0.2, 0.25) is 0 Å². The number of carbonyl (C=O) groups excluding carboxylic acids is 6. The van der Waals surface area contributed by atoms with E-state index in [9.17, 15) is 77.1 Å². The summed E-state index contributed by atoms with van der Waals surface area (Å²) in [7, 11) is 0. The fourth-order valence-corrected chi connectivity index (χ4v) is 12.0. The summed E-state index contributed by atoms with van der Waals surface area (Å²) in [5, 5.41) is 31.7. The van der Waals surface area contributed by atoms with Crippen molar-refractivity contribution in [1.29, 1.82) is 0 Å². The molecule has 3 saturated heterocycles. The molecule has 36 heteroatoms. The molecule has 6 atom stereocenters. The Morgan fingerprint density at radius 1 is 0.490 bits per heavy atom. The van der Waals surface area contributed by atoms with Crippen LogP contribution >= 0.6 is 0 Å². The number of amides is 6. The number of alkyl halides is 9. The number of ketones is 3. The van der Waals surface area contributed by atoms with Gasteiger partial charge in [-0.3, -0.25) is 45.0 Å². The van der Waals surface area contributed by atoms with Gasteiger partial charge < -0.3 is 35.5 Å². The van der Waals surface area contributed by atoms with Crippen molar-refractivity contribution in [3.8, 4) is 0 Å². The molecule has 0 spiro atoms. The van der Waals surface area contributed by atoms with Gasteiger partial charge in [-0.1, -0.05) is 20.8 Å². The number of hydrogen-bond acceptors (Lipinski definition) is 19. The van der Waals surface area contributed by atoms with Crippen molar-refractivity contribution in [2.45, 2.75) is 96.0 Å². The highest BCUT2D eigenvalue weighted by Gasteiger charge is 2.46. The second-order valence-corrected chi connectivity index (χ2v) is 24.5. The Bertz CT molecular complexity index is 3870. The van der Waals surface area contributed by atoms with Crippen LogP contribution in [0.1, 0.15) is 90.8 Å². The van der Waals surface area contributed by atoms with Gasteiger partial charge in [-0.25, -0.2) is 53.1 Å². The van der Waals surface area contributed by atoms with Crippen LogP contribution in [0.4, 0.5) is 126 Å². The van der Waals surface area contributed by atoms with Gasteiger partial charge in [0, 0.05) is 114 Å². The third kappa shape index (κ3) is 16.8. The van der Waals surface area contributed by atoms with E-state index in [4.69, 9.17) is 10.2 Å². The van der Waals surface area contributed by atoms with Crippen LogP contribution in [0.5, 0.6) is 0 Å². The number of rotatable bonds is 18. The van der Waals surface area contributed by atoms with E-state index in [1.54, 1.807) is 36.4 Å². The number of aliphatic hydroxyl groups excluding tert-OH is 2. The van der Waals surface area contributed by atoms with Crippen LogP contribution < -0.4 is 56.0 Å². The van der Waals surface area contributed by atoms with E-state index in [2.05, 4.69) is 56.5 Å². The number of hydrogen-bond donors (Lipinski definition) is 7. The molecule has 25 nitrogen and oxygen atoms in total. The number of urea groups is 3. The Kier molecular flexibility index (Phi) is 21.9. The molecule has 0 radical (unpaired) electrons. The highest BCUT2D eigenvalue weighted by atomic mass is 19.4. The second-order valence-electron chi connectivity index (χ2n) is 24.5. The van der Waals surface area contributed by atoms with E-state index in [1.807, 2.05) is 14.7 Å². The van der Waals surface area contributed by atoms with Crippen molar-refractivity contribution in [3.63, 3.8) is 0 Å². The average Bonchev–Trinajstić information content (AvgIpc) is 1.56. The third-order valence-corrected chi connectivity index (χ3v) is 17.4. The lowest BCUT2D eigenvalue weighted by atomic mass is 10.0. The molecule has 12 heterocycles. The minimum absolute atomic E-state index is 0.0543. The number of fused-ring (bicyclic) bond motifs is 12. The van der Waals surface area contributed by atoms with E-state index in [-0.39, 0.29) is 77.5 Å². The van der Waals surface area contributed by atoms with Crippen LogP contribution in [-0.2, 0) is 0 Å². The molecule has 6 bridgehead atoms. The molecular formula is C64H68F11N17O8. The molecule has 6 aliphatic heterocycles. The molecule has 100 heavy (non-hydrogen) atoms. The molecule has 6 aromatic heterocycles. The van der Waals surface area contributed by atoms with Crippen LogP contribution in [0, 0.1) is 29.4 Å². The number of aromatic nitrogens is 6. The van der Waals surface area contributed by atoms with Crippen molar-refractivity contribution in [1.82, 2.24) is 29.9 Å². The maximum Gasteiger partial charge on any atom is 0.391 e. The smallest absolute Gasteiger partial charge is 0.391 e. The molecule has 6 amide bonds. The first-order chi connectivity index (χ1) is 47.4. The second kappa shape index (κ2) is 30.1. The minimum Gasteiger partial charge on any atom is -0.395 e. The number of anilines is 11. The fraction of sp³-hybridized carbons (Fsp3) is 0.438. The lowest BCUT2D eigenvalue weighted by molar-refractivity contribution is -0.169. The number of aliphatic hydroxyl groups is 2. The molecule has 0 unspecified atom stereocenters. The summed E-state index contributed by atoms with van der Waals surface area (Å²) in [6, 6.07) is 13.6. The number of carbonyl (C=O) groups is 6. The maximum atomic E-state index is 14.0. The van der Waals surface area contributed by atoms with Gasteiger partial charge in [-0.15, -0.1) is 0 Å². The SMILES string of the molecule is C[C@@H](CC(=O)c1ccc2c(n1)N(C(=O)Nc1cc(NCCO)ccn1)[C@H]1CCN2C1)C(F)(F)F.C[C@@H](CC(=O)c1ccc2c(n1)N(C(=O)Nc1cc(NCCO)ccn1)[C@H]1CCN2C1)C(F)(F)F.C[C@@H](CC(=O)c1ccc2c(n1)N(C(=O)Nc1ncc(F)cc1F)[C@H]1CCN2C1)C(F)(F)F. The zero-order valence-electron chi connectivity index (χ0n) is 53.7. The molecular weight excluding hydrogens is 1340 g/mol. The van der Waals surface area contributed by atoms with Gasteiger partial charge in [0.15, 0.2) is 46.4 Å². The van der Waals surface area contributed by atoms with Gasteiger partial charge in [-0.2, -0.15) is 39.5 Å². The van der Waals surface area contributed by atoms with Crippen molar-refractivity contribution >= 4 is 98.8 Å². The summed E-state index contributed by atoms with van der Waals surface area (Å²) in [5.41, 5.74) is 2.73.